The first-order chi connectivity index (χ1) is 8.18. The molecule has 2 fully saturated rings. The summed E-state index contributed by atoms with van der Waals surface area (Å²) in [7, 11) is 4.26. The average Bonchev–Trinajstić information content (AvgIpc) is 2.39. The normalized spacial score (nSPS) is 27.5. The van der Waals surface area contributed by atoms with Crippen molar-refractivity contribution in [2.45, 2.75) is 44.2 Å². The smallest absolute Gasteiger partial charge is 0.239 e. The van der Waals surface area contributed by atoms with Gasteiger partial charge >= 0.3 is 0 Å². The summed E-state index contributed by atoms with van der Waals surface area (Å²) >= 11 is 0. The van der Waals surface area contributed by atoms with Gasteiger partial charge in [0.05, 0.1) is 6.04 Å². The van der Waals surface area contributed by atoms with E-state index in [2.05, 4.69) is 29.2 Å². The maximum atomic E-state index is 12.3. The molecule has 2 aliphatic heterocycles. The molecule has 98 valence electrons. The molecule has 0 aromatic rings. The maximum absolute atomic E-state index is 12.3. The van der Waals surface area contributed by atoms with Crippen LogP contribution in [0.25, 0.3) is 0 Å². The Kier molecular flexibility index (Phi) is 4.40. The highest BCUT2D eigenvalue weighted by molar-refractivity contribution is 5.82. The van der Waals surface area contributed by atoms with Crippen LogP contribution in [0, 0.1) is 0 Å². The maximum Gasteiger partial charge on any atom is 0.239 e. The van der Waals surface area contributed by atoms with Crippen molar-refractivity contribution < 1.29 is 4.79 Å². The van der Waals surface area contributed by atoms with Gasteiger partial charge in [-0.2, -0.15) is 0 Å². The SMILES string of the molecule is CN(C)C1CCN(C(=O)[C@H]2CCCCN2)CC1. The summed E-state index contributed by atoms with van der Waals surface area (Å²) in [6, 6.07) is 0.748. The molecule has 4 nitrogen and oxygen atoms in total. The van der Waals surface area contributed by atoms with Crippen molar-refractivity contribution in [2.24, 2.45) is 0 Å². The van der Waals surface area contributed by atoms with E-state index in [-0.39, 0.29) is 6.04 Å². The standard InChI is InChI=1S/C13H25N3O/c1-15(2)11-6-9-16(10-7-11)13(17)12-5-3-4-8-14-12/h11-12,14H,3-10H2,1-2H3/t12-/m1/s1. The number of carbonyl (C=O) groups excluding carboxylic acids is 1. The highest BCUT2D eigenvalue weighted by Gasteiger charge is 2.29. The molecule has 0 bridgehead atoms. The fraction of sp³-hybridized carbons (Fsp3) is 0.923. The van der Waals surface area contributed by atoms with Gasteiger partial charge < -0.3 is 15.1 Å². The molecule has 2 heterocycles. The van der Waals surface area contributed by atoms with Crippen LogP contribution < -0.4 is 5.32 Å². The molecule has 2 rings (SSSR count). The zero-order valence-corrected chi connectivity index (χ0v) is 11.1. The van der Waals surface area contributed by atoms with Crippen molar-refractivity contribution in [2.75, 3.05) is 33.7 Å². The van der Waals surface area contributed by atoms with Crippen molar-refractivity contribution in [1.29, 1.82) is 0 Å². The minimum atomic E-state index is 0.0969. The van der Waals surface area contributed by atoms with Crippen molar-refractivity contribution in [1.82, 2.24) is 15.1 Å². The molecule has 4 heteroatoms. The molecule has 0 saturated carbocycles. The molecule has 0 aromatic heterocycles. The monoisotopic (exact) mass is 239 g/mol. The van der Waals surface area contributed by atoms with Gasteiger partial charge in [-0.3, -0.25) is 4.79 Å². The number of carbonyl (C=O) groups is 1. The van der Waals surface area contributed by atoms with E-state index < -0.39 is 0 Å². The van der Waals surface area contributed by atoms with Crippen LogP contribution >= 0.6 is 0 Å². The highest BCUT2D eigenvalue weighted by Crippen LogP contribution is 2.17. The number of nitrogens with one attached hydrogen (secondary N) is 1. The van der Waals surface area contributed by atoms with E-state index in [1.807, 2.05) is 0 Å². The Balaban J connectivity index is 1.81. The minimum absolute atomic E-state index is 0.0969. The zero-order chi connectivity index (χ0) is 12.3. The number of amides is 1. The predicted molar refractivity (Wildman–Crippen MR) is 68.9 cm³/mol. The number of piperidine rings is 2. The molecule has 0 aromatic carbocycles. The number of nitrogens with zero attached hydrogens (tertiary/aromatic N) is 2. The summed E-state index contributed by atoms with van der Waals surface area (Å²) in [4.78, 5) is 16.6. The van der Waals surface area contributed by atoms with E-state index >= 15 is 0 Å². The first-order valence-corrected chi connectivity index (χ1v) is 6.87. The number of likely N-dealkylation sites (tertiary alicyclic amines) is 1. The zero-order valence-electron chi connectivity index (χ0n) is 11.1. The third-order valence-corrected chi connectivity index (χ3v) is 4.11. The Labute approximate surface area is 104 Å². The topological polar surface area (TPSA) is 35.6 Å². The molecule has 0 unspecified atom stereocenters. The Morgan fingerprint density at radius 3 is 2.41 bits per heavy atom. The summed E-state index contributed by atoms with van der Waals surface area (Å²) in [6.07, 6.45) is 5.66. The third kappa shape index (κ3) is 3.19. The van der Waals surface area contributed by atoms with Crippen LogP contribution in [0.3, 0.4) is 0 Å². The quantitative estimate of drug-likeness (QED) is 0.770. The van der Waals surface area contributed by atoms with Crippen LogP contribution in [0.4, 0.5) is 0 Å². The first kappa shape index (κ1) is 12.8. The highest BCUT2D eigenvalue weighted by atomic mass is 16.2. The molecule has 1 N–H and O–H groups in total. The Morgan fingerprint density at radius 2 is 1.88 bits per heavy atom. The second-order valence-electron chi connectivity index (χ2n) is 5.52. The summed E-state index contributed by atoms with van der Waals surface area (Å²) in [5, 5.41) is 3.35. The summed E-state index contributed by atoms with van der Waals surface area (Å²) in [5.74, 6) is 0.335. The molecule has 17 heavy (non-hydrogen) atoms. The Morgan fingerprint density at radius 1 is 1.18 bits per heavy atom. The van der Waals surface area contributed by atoms with E-state index in [1.165, 1.54) is 12.8 Å². The van der Waals surface area contributed by atoms with Gasteiger partial charge in [0.15, 0.2) is 0 Å². The van der Waals surface area contributed by atoms with Crippen molar-refractivity contribution >= 4 is 5.91 Å². The minimum Gasteiger partial charge on any atom is -0.341 e. The van der Waals surface area contributed by atoms with Crippen LogP contribution in [0.5, 0.6) is 0 Å². The number of hydrogen-bond donors (Lipinski definition) is 1. The van der Waals surface area contributed by atoms with Gasteiger partial charge in [-0.15, -0.1) is 0 Å². The molecule has 2 saturated heterocycles. The van der Waals surface area contributed by atoms with Crippen molar-refractivity contribution in [3.05, 3.63) is 0 Å². The first-order valence-electron chi connectivity index (χ1n) is 6.87. The van der Waals surface area contributed by atoms with Gasteiger partial charge in [0, 0.05) is 19.1 Å². The van der Waals surface area contributed by atoms with Crippen LogP contribution in [-0.2, 0) is 4.79 Å². The fourth-order valence-electron chi connectivity index (χ4n) is 2.89. The van der Waals surface area contributed by atoms with Gasteiger partial charge in [0.2, 0.25) is 5.91 Å². The van der Waals surface area contributed by atoms with E-state index in [1.54, 1.807) is 0 Å². The van der Waals surface area contributed by atoms with Crippen LogP contribution in [-0.4, -0.2) is 61.5 Å². The van der Waals surface area contributed by atoms with Crippen LogP contribution in [0.15, 0.2) is 0 Å². The number of hydrogen-bond acceptors (Lipinski definition) is 3. The Bertz CT molecular complexity index is 253. The van der Waals surface area contributed by atoms with Crippen molar-refractivity contribution in [3.8, 4) is 0 Å². The van der Waals surface area contributed by atoms with Crippen LogP contribution in [0.1, 0.15) is 32.1 Å². The predicted octanol–water partition coefficient (Wildman–Crippen LogP) is 0.681. The third-order valence-electron chi connectivity index (χ3n) is 4.11. The summed E-state index contributed by atoms with van der Waals surface area (Å²) in [6.45, 7) is 2.87. The number of rotatable bonds is 2. The molecule has 0 aliphatic carbocycles. The van der Waals surface area contributed by atoms with Gasteiger partial charge in [0.1, 0.15) is 0 Å². The van der Waals surface area contributed by atoms with Gasteiger partial charge in [-0.1, -0.05) is 6.42 Å². The average molecular weight is 239 g/mol. The second-order valence-corrected chi connectivity index (χ2v) is 5.52. The van der Waals surface area contributed by atoms with E-state index in [4.69, 9.17) is 0 Å². The summed E-state index contributed by atoms with van der Waals surface area (Å²) < 4.78 is 0. The molecule has 1 atom stereocenters. The van der Waals surface area contributed by atoms with Crippen LogP contribution in [0.2, 0.25) is 0 Å². The molecular formula is C13H25N3O. The molecule has 2 aliphatic rings. The largest absolute Gasteiger partial charge is 0.341 e. The molecular weight excluding hydrogens is 214 g/mol. The van der Waals surface area contributed by atoms with Crippen molar-refractivity contribution in [3.63, 3.8) is 0 Å². The lowest BCUT2D eigenvalue weighted by atomic mass is 10.00. The van der Waals surface area contributed by atoms with Gasteiger partial charge in [-0.05, 0) is 46.3 Å². The molecule has 0 spiro atoms. The molecule has 0 radical (unpaired) electrons. The van der Waals surface area contributed by atoms with E-state index in [0.29, 0.717) is 11.9 Å². The molecule has 1 amide bonds. The lowest BCUT2D eigenvalue weighted by molar-refractivity contribution is -0.135. The summed E-state index contributed by atoms with van der Waals surface area (Å²) in [5.41, 5.74) is 0. The lowest BCUT2D eigenvalue weighted by Gasteiger charge is -2.37. The second kappa shape index (κ2) is 5.83. The van der Waals surface area contributed by atoms with E-state index in [0.717, 1.165) is 38.9 Å². The van der Waals surface area contributed by atoms with Gasteiger partial charge in [-0.25, -0.2) is 0 Å². The van der Waals surface area contributed by atoms with Gasteiger partial charge in [0.25, 0.3) is 0 Å². The fourth-order valence-corrected chi connectivity index (χ4v) is 2.89. The van der Waals surface area contributed by atoms with E-state index in [9.17, 15) is 4.79 Å². The Hall–Kier alpha value is -0.610. The lowest BCUT2D eigenvalue weighted by Crippen LogP contribution is -2.52.